The molecule has 1 heterocycles. The van der Waals surface area contributed by atoms with Crippen molar-refractivity contribution in [2.24, 2.45) is 5.10 Å². The molecular weight excluding hydrogens is 734 g/mol. The van der Waals surface area contributed by atoms with Crippen molar-refractivity contribution < 1.29 is 23.8 Å². The van der Waals surface area contributed by atoms with Crippen LogP contribution in [-0.2, 0) is 14.3 Å². The Hall–Kier alpha value is -2.72. The minimum atomic E-state index is -0.608. The second-order valence-electron chi connectivity index (χ2n) is 7.82. The van der Waals surface area contributed by atoms with Gasteiger partial charge in [-0.15, -0.1) is 0 Å². The summed E-state index contributed by atoms with van der Waals surface area (Å²) >= 11 is 9.68. The van der Waals surface area contributed by atoms with E-state index in [1.807, 2.05) is 18.2 Å². The van der Waals surface area contributed by atoms with Gasteiger partial charge in [0.1, 0.15) is 18.1 Å². The third-order valence-corrected chi connectivity index (χ3v) is 6.94. The van der Waals surface area contributed by atoms with Crippen molar-refractivity contribution in [2.75, 3.05) is 19.8 Å². The first-order chi connectivity index (χ1) is 18.2. The number of allylic oxidation sites excluding steroid dienone is 1. The highest BCUT2D eigenvalue weighted by Crippen LogP contribution is 2.33. The Kier molecular flexibility index (Phi) is 11.3. The first kappa shape index (κ1) is 29.8. The molecule has 0 fully saturated rings. The molecule has 0 spiro atoms. The first-order valence-electron chi connectivity index (χ1n) is 11.5. The SMILES string of the molecule is C=CCOc1c(I)cc(C=NNC(=O)COc2ccccc2[C@@H]2NC(=S)NC(C)=C2C(=O)OCC)cc1I. The average Bonchev–Trinajstić information content (AvgIpc) is 2.87. The molecule has 38 heavy (non-hydrogen) atoms. The topological polar surface area (TPSA) is 110 Å². The summed E-state index contributed by atoms with van der Waals surface area (Å²) in [5.41, 5.74) is 4.88. The van der Waals surface area contributed by atoms with Gasteiger partial charge in [0.25, 0.3) is 5.91 Å². The molecule has 0 aliphatic carbocycles. The molecule has 0 unspecified atom stereocenters. The van der Waals surface area contributed by atoms with Crippen molar-refractivity contribution in [2.45, 2.75) is 19.9 Å². The number of hydrogen-bond donors (Lipinski definition) is 3. The van der Waals surface area contributed by atoms with Crippen LogP contribution in [0.2, 0.25) is 0 Å². The van der Waals surface area contributed by atoms with E-state index in [4.69, 9.17) is 26.4 Å². The van der Waals surface area contributed by atoms with Crippen LogP contribution in [0, 0.1) is 7.14 Å². The van der Waals surface area contributed by atoms with Crippen LogP contribution in [0.1, 0.15) is 31.0 Å². The Morgan fingerprint density at radius 1 is 1.21 bits per heavy atom. The van der Waals surface area contributed by atoms with Gasteiger partial charge in [-0.1, -0.05) is 30.9 Å². The van der Waals surface area contributed by atoms with Gasteiger partial charge in [0.2, 0.25) is 0 Å². The van der Waals surface area contributed by atoms with Crippen molar-refractivity contribution in [3.05, 3.63) is 78.6 Å². The van der Waals surface area contributed by atoms with Crippen LogP contribution in [0.15, 0.2) is 65.4 Å². The molecule has 2 aromatic carbocycles. The minimum absolute atomic E-state index is 0.233. The molecule has 3 rings (SSSR count). The predicted octanol–water partition coefficient (Wildman–Crippen LogP) is 4.35. The standard InChI is InChI=1S/C26H26I2N4O5S/c1-4-10-36-24-18(27)11-16(12-19(24)28)13-29-32-21(33)14-37-20-9-7-6-8-17(20)23-22(25(34)35-5-2)15(3)30-26(38)31-23/h4,6-9,11-13,23H,1,5,10,14H2,2-3H3,(H,32,33)(H2,30,31,38)/t23-/m0/s1. The second kappa shape index (κ2) is 14.4. The van der Waals surface area contributed by atoms with Crippen molar-refractivity contribution in [3.63, 3.8) is 0 Å². The number of benzene rings is 2. The molecule has 1 aliphatic heterocycles. The van der Waals surface area contributed by atoms with Gasteiger partial charge in [-0.2, -0.15) is 5.10 Å². The first-order valence-corrected chi connectivity index (χ1v) is 14.0. The normalized spacial score (nSPS) is 14.9. The van der Waals surface area contributed by atoms with Crippen LogP contribution in [-0.4, -0.2) is 43.0 Å². The van der Waals surface area contributed by atoms with Crippen molar-refractivity contribution in [1.82, 2.24) is 16.1 Å². The summed E-state index contributed by atoms with van der Waals surface area (Å²) in [7, 11) is 0. The zero-order chi connectivity index (χ0) is 27.7. The molecule has 0 saturated carbocycles. The van der Waals surface area contributed by atoms with E-state index in [1.54, 1.807) is 44.3 Å². The van der Waals surface area contributed by atoms with E-state index in [1.165, 1.54) is 0 Å². The number of hydrogen-bond acceptors (Lipinski definition) is 7. The van der Waals surface area contributed by atoms with Gasteiger partial charge in [0.05, 0.1) is 31.6 Å². The quantitative estimate of drug-likeness (QED) is 0.0776. The number of ether oxygens (including phenoxy) is 3. The average molecular weight is 760 g/mol. The summed E-state index contributed by atoms with van der Waals surface area (Å²) in [6, 6.07) is 10.3. The van der Waals surface area contributed by atoms with Gasteiger partial charge in [-0.3, -0.25) is 4.79 Å². The Morgan fingerprint density at radius 2 is 1.92 bits per heavy atom. The smallest absolute Gasteiger partial charge is 0.338 e. The number of halogens is 2. The van der Waals surface area contributed by atoms with E-state index < -0.39 is 17.9 Å². The molecular formula is C26H26I2N4O5S. The largest absolute Gasteiger partial charge is 0.487 e. The summed E-state index contributed by atoms with van der Waals surface area (Å²) in [6.45, 7) is 7.52. The van der Waals surface area contributed by atoms with Crippen molar-refractivity contribution in [1.29, 1.82) is 0 Å². The minimum Gasteiger partial charge on any atom is -0.487 e. The van der Waals surface area contributed by atoms with Gasteiger partial charge in [0.15, 0.2) is 11.7 Å². The summed E-state index contributed by atoms with van der Waals surface area (Å²) in [6.07, 6.45) is 3.23. The van der Waals surface area contributed by atoms with Crippen molar-refractivity contribution >= 4 is 80.6 Å². The van der Waals surface area contributed by atoms with Crippen LogP contribution < -0.4 is 25.5 Å². The van der Waals surface area contributed by atoms with Gasteiger partial charge >= 0.3 is 5.97 Å². The van der Waals surface area contributed by atoms with Crippen LogP contribution in [0.25, 0.3) is 0 Å². The molecule has 0 bridgehead atoms. The number of thiocarbonyl (C=S) groups is 1. The number of nitrogens with zero attached hydrogens (tertiary/aromatic N) is 1. The second-order valence-corrected chi connectivity index (χ2v) is 10.6. The third-order valence-electron chi connectivity index (χ3n) is 5.12. The number of carbonyl (C=O) groups is 2. The van der Waals surface area contributed by atoms with Gasteiger partial charge in [-0.05, 0) is 95.0 Å². The summed E-state index contributed by atoms with van der Waals surface area (Å²) in [5, 5.41) is 10.5. The molecule has 1 amide bonds. The lowest BCUT2D eigenvalue weighted by atomic mass is 9.95. The number of esters is 1. The zero-order valence-electron chi connectivity index (χ0n) is 20.7. The number of amides is 1. The number of carbonyl (C=O) groups excluding carboxylic acids is 2. The molecule has 200 valence electrons. The van der Waals surface area contributed by atoms with E-state index in [0.717, 1.165) is 18.5 Å². The molecule has 12 heteroatoms. The summed E-state index contributed by atoms with van der Waals surface area (Å²) in [5.74, 6) is 0.281. The fourth-order valence-corrected chi connectivity index (χ4v) is 5.94. The molecule has 1 atom stereocenters. The fraction of sp³-hybridized carbons (Fsp3) is 0.231. The monoisotopic (exact) mass is 760 g/mol. The Morgan fingerprint density at radius 3 is 2.61 bits per heavy atom. The zero-order valence-corrected chi connectivity index (χ0v) is 25.8. The molecule has 0 radical (unpaired) electrons. The van der Waals surface area contributed by atoms with E-state index in [-0.39, 0.29) is 13.2 Å². The third kappa shape index (κ3) is 7.89. The molecule has 3 N–H and O–H groups in total. The number of nitrogens with one attached hydrogen (secondary N) is 3. The molecule has 1 aliphatic rings. The van der Waals surface area contributed by atoms with E-state index in [0.29, 0.717) is 34.3 Å². The van der Waals surface area contributed by atoms with E-state index in [9.17, 15) is 9.59 Å². The number of para-hydroxylation sites is 1. The maximum absolute atomic E-state index is 12.7. The predicted molar refractivity (Wildman–Crippen MR) is 166 cm³/mol. The summed E-state index contributed by atoms with van der Waals surface area (Å²) in [4.78, 5) is 25.1. The van der Waals surface area contributed by atoms with Crippen LogP contribution >= 0.6 is 57.4 Å². The lowest BCUT2D eigenvalue weighted by Gasteiger charge is -2.30. The Bertz CT molecular complexity index is 1280. The highest BCUT2D eigenvalue weighted by molar-refractivity contribution is 14.1. The van der Waals surface area contributed by atoms with Crippen LogP contribution in [0.4, 0.5) is 0 Å². The van der Waals surface area contributed by atoms with Gasteiger partial charge in [0, 0.05) is 11.3 Å². The molecule has 9 nitrogen and oxygen atoms in total. The molecule has 0 saturated heterocycles. The number of hydrazone groups is 1. The highest BCUT2D eigenvalue weighted by Gasteiger charge is 2.32. The highest BCUT2D eigenvalue weighted by atomic mass is 127. The Labute approximate surface area is 253 Å². The summed E-state index contributed by atoms with van der Waals surface area (Å²) < 4.78 is 18.6. The lowest BCUT2D eigenvalue weighted by Crippen LogP contribution is -2.45. The van der Waals surface area contributed by atoms with Crippen LogP contribution in [0.5, 0.6) is 11.5 Å². The van der Waals surface area contributed by atoms with Gasteiger partial charge in [-0.25, -0.2) is 10.2 Å². The molecule has 2 aromatic rings. The maximum atomic E-state index is 12.7. The maximum Gasteiger partial charge on any atom is 0.338 e. The fourth-order valence-electron chi connectivity index (χ4n) is 3.55. The van der Waals surface area contributed by atoms with Crippen molar-refractivity contribution in [3.8, 4) is 11.5 Å². The lowest BCUT2D eigenvalue weighted by molar-refractivity contribution is -0.139. The van der Waals surface area contributed by atoms with Gasteiger partial charge < -0.3 is 24.8 Å². The number of rotatable bonds is 11. The Balaban J connectivity index is 1.68. The molecule has 0 aromatic heterocycles. The van der Waals surface area contributed by atoms with E-state index >= 15 is 0 Å². The van der Waals surface area contributed by atoms with E-state index in [2.05, 4.69) is 72.9 Å². The van der Waals surface area contributed by atoms with Crippen LogP contribution in [0.3, 0.4) is 0 Å².